The lowest BCUT2D eigenvalue weighted by Gasteiger charge is -2.02. The highest BCUT2D eigenvalue weighted by atomic mass is 16.3. The Morgan fingerprint density at radius 1 is 1.24 bits per heavy atom. The lowest BCUT2D eigenvalue weighted by molar-refractivity contribution is 0.0953. The molecule has 2 heterocycles. The van der Waals surface area contributed by atoms with E-state index in [1.54, 1.807) is 36.7 Å². The number of phenols is 1. The molecule has 0 spiro atoms. The van der Waals surface area contributed by atoms with Crippen LogP contribution < -0.4 is 5.32 Å². The maximum Gasteiger partial charge on any atom is 0.251 e. The van der Waals surface area contributed by atoms with Crippen LogP contribution in [-0.2, 0) is 6.42 Å². The topological polar surface area (TPSA) is 88.2 Å². The van der Waals surface area contributed by atoms with Crippen LogP contribution in [0.25, 0.3) is 11.1 Å². The van der Waals surface area contributed by atoms with Gasteiger partial charge in [-0.25, -0.2) is 4.98 Å². The van der Waals surface area contributed by atoms with Gasteiger partial charge in [0, 0.05) is 37.0 Å². The molecular weight excluding hydrogens is 270 g/mol. The Morgan fingerprint density at radius 2 is 2.05 bits per heavy atom. The molecule has 0 saturated heterocycles. The lowest BCUT2D eigenvalue weighted by atomic mass is 10.2. The van der Waals surface area contributed by atoms with Gasteiger partial charge in [-0.3, -0.25) is 9.78 Å². The summed E-state index contributed by atoms with van der Waals surface area (Å²) < 4.78 is 5.50. The minimum Gasteiger partial charge on any atom is -0.508 e. The summed E-state index contributed by atoms with van der Waals surface area (Å²) >= 11 is 0. The molecule has 0 aliphatic carbocycles. The molecule has 6 nitrogen and oxygen atoms in total. The summed E-state index contributed by atoms with van der Waals surface area (Å²) in [7, 11) is 0. The van der Waals surface area contributed by atoms with Crippen molar-refractivity contribution in [1.29, 1.82) is 0 Å². The zero-order valence-corrected chi connectivity index (χ0v) is 11.1. The van der Waals surface area contributed by atoms with Gasteiger partial charge in [-0.05, 0) is 24.3 Å². The van der Waals surface area contributed by atoms with Crippen LogP contribution in [0.5, 0.6) is 5.75 Å². The SMILES string of the molecule is O=C(NCCc1nc2ccc(O)cc2o1)c1ccncc1. The molecule has 0 atom stereocenters. The van der Waals surface area contributed by atoms with E-state index in [4.69, 9.17) is 4.42 Å². The Labute approximate surface area is 120 Å². The van der Waals surface area contributed by atoms with E-state index in [-0.39, 0.29) is 11.7 Å². The maximum atomic E-state index is 11.8. The smallest absolute Gasteiger partial charge is 0.251 e. The third-order valence-electron chi connectivity index (χ3n) is 2.98. The van der Waals surface area contributed by atoms with Gasteiger partial charge in [-0.2, -0.15) is 0 Å². The fourth-order valence-corrected chi connectivity index (χ4v) is 1.96. The minimum absolute atomic E-state index is 0.135. The summed E-state index contributed by atoms with van der Waals surface area (Å²) in [5.74, 6) is 0.493. The number of fused-ring (bicyclic) bond motifs is 1. The van der Waals surface area contributed by atoms with Gasteiger partial charge in [-0.15, -0.1) is 0 Å². The van der Waals surface area contributed by atoms with Crippen molar-refractivity contribution in [1.82, 2.24) is 15.3 Å². The molecule has 3 rings (SSSR count). The molecule has 0 aliphatic heterocycles. The number of aromatic hydroxyl groups is 1. The largest absolute Gasteiger partial charge is 0.508 e. The van der Waals surface area contributed by atoms with Crippen molar-refractivity contribution in [3.8, 4) is 5.75 Å². The number of hydrogen-bond acceptors (Lipinski definition) is 5. The third kappa shape index (κ3) is 3.00. The summed E-state index contributed by atoms with van der Waals surface area (Å²) in [5.41, 5.74) is 1.78. The molecule has 0 aliphatic rings. The van der Waals surface area contributed by atoms with Crippen molar-refractivity contribution < 1.29 is 14.3 Å². The van der Waals surface area contributed by atoms with Crippen LogP contribution in [0.3, 0.4) is 0 Å². The molecule has 6 heteroatoms. The van der Waals surface area contributed by atoms with Gasteiger partial charge in [0.2, 0.25) is 0 Å². The first kappa shape index (κ1) is 13.1. The number of amides is 1. The van der Waals surface area contributed by atoms with E-state index in [1.807, 2.05) is 0 Å². The molecule has 0 radical (unpaired) electrons. The van der Waals surface area contributed by atoms with E-state index < -0.39 is 0 Å². The van der Waals surface area contributed by atoms with Crippen molar-refractivity contribution in [2.24, 2.45) is 0 Å². The lowest BCUT2D eigenvalue weighted by Crippen LogP contribution is -2.25. The van der Waals surface area contributed by atoms with Crippen LogP contribution in [0.4, 0.5) is 0 Å². The summed E-state index contributed by atoms with van der Waals surface area (Å²) in [6.07, 6.45) is 3.62. The number of carbonyl (C=O) groups is 1. The van der Waals surface area contributed by atoms with Crippen LogP contribution in [0.15, 0.2) is 47.1 Å². The van der Waals surface area contributed by atoms with E-state index in [9.17, 15) is 9.90 Å². The van der Waals surface area contributed by atoms with Gasteiger partial charge < -0.3 is 14.8 Å². The summed E-state index contributed by atoms with van der Waals surface area (Å²) in [6, 6.07) is 8.06. The molecule has 106 valence electrons. The van der Waals surface area contributed by atoms with E-state index in [1.165, 1.54) is 6.07 Å². The number of nitrogens with zero attached hydrogens (tertiary/aromatic N) is 2. The first-order chi connectivity index (χ1) is 10.2. The number of oxazole rings is 1. The molecule has 2 aromatic heterocycles. The van der Waals surface area contributed by atoms with Crippen molar-refractivity contribution in [2.45, 2.75) is 6.42 Å². The minimum atomic E-state index is -0.161. The number of pyridine rings is 1. The Morgan fingerprint density at radius 3 is 2.86 bits per heavy atom. The first-order valence-corrected chi connectivity index (χ1v) is 6.49. The third-order valence-corrected chi connectivity index (χ3v) is 2.98. The second-order valence-electron chi connectivity index (χ2n) is 4.50. The molecule has 2 N–H and O–H groups in total. The van der Waals surface area contributed by atoms with Crippen molar-refractivity contribution >= 4 is 17.0 Å². The van der Waals surface area contributed by atoms with Crippen molar-refractivity contribution in [2.75, 3.05) is 6.54 Å². The molecule has 21 heavy (non-hydrogen) atoms. The number of phenolic OH excluding ortho intramolecular Hbond substituents is 1. The monoisotopic (exact) mass is 283 g/mol. The number of rotatable bonds is 4. The fraction of sp³-hybridized carbons (Fsp3) is 0.133. The van der Waals surface area contributed by atoms with E-state index in [2.05, 4.69) is 15.3 Å². The average Bonchev–Trinajstić information content (AvgIpc) is 2.89. The Hall–Kier alpha value is -2.89. The number of carbonyl (C=O) groups excluding carboxylic acids is 1. The number of nitrogens with one attached hydrogen (secondary N) is 1. The van der Waals surface area contributed by atoms with E-state index in [0.29, 0.717) is 35.5 Å². The number of benzene rings is 1. The molecule has 0 unspecified atom stereocenters. The number of aromatic nitrogens is 2. The van der Waals surface area contributed by atoms with Gasteiger partial charge in [-0.1, -0.05) is 0 Å². The molecule has 0 saturated carbocycles. The normalized spacial score (nSPS) is 10.7. The van der Waals surface area contributed by atoms with Gasteiger partial charge in [0.15, 0.2) is 11.5 Å². The molecule has 0 bridgehead atoms. The molecular formula is C15H13N3O3. The van der Waals surface area contributed by atoms with Gasteiger partial charge >= 0.3 is 0 Å². The van der Waals surface area contributed by atoms with Gasteiger partial charge in [0.1, 0.15) is 11.3 Å². The highest BCUT2D eigenvalue weighted by Crippen LogP contribution is 2.20. The Bertz CT molecular complexity index is 768. The van der Waals surface area contributed by atoms with Gasteiger partial charge in [0.25, 0.3) is 5.91 Å². The van der Waals surface area contributed by atoms with Gasteiger partial charge in [0.05, 0.1) is 0 Å². The second-order valence-corrected chi connectivity index (χ2v) is 4.50. The summed E-state index contributed by atoms with van der Waals surface area (Å²) in [4.78, 5) is 20.0. The molecule has 1 aromatic carbocycles. The number of hydrogen-bond donors (Lipinski definition) is 2. The molecule has 0 fully saturated rings. The van der Waals surface area contributed by atoms with Crippen LogP contribution in [0.2, 0.25) is 0 Å². The van der Waals surface area contributed by atoms with Crippen molar-refractivity contribution in [3.63, 3.8) is 0 Å². The van der Waals surface area contributed by atoms with Crippen LogP contribution in [-0.4, -0.2) is 27.5 Å². The zero-order valence-electron chi connectivity index (χ0n) is 11.1. The zero-order chi connectivity index (χ0) is 14.7. The highest BCUT2D eigenvalue weighted by molar-refractivity contribution is 5.93. The molecule has 1 amide bonds. The van der Waals surface area contributed by atoms with Crippen molar-refractivity contribution in [3.05, 3.63) is 54.2 Å². The fourth-order valence-electron chi connectivity index (χ4n) is 1.96. The Kier molecular flexibility index (Phi) is 3.51. The van der Waals surface area contributed by atoms with Crippen LogP contribution in [0, 0.1) is 0 Å². The Balaban J connectivity index is 1.60. The predicted octanol–water partition coefficient (Wildman–Crippen LogP) is 1.90. The first-order valence-electron chi connectivity index (χ1n) is 6.49. The predicted molar refractivity (Wildman–Crippen MR) is 75.9 cm³/mol. The quantitative estimate of drug-likeness (QED) is 0.763. The van der Waals surface area contributed by atoms with Crippen LogP contribution >= 0.6 is 0 Å². The van der Waals surface area contributed by atoms with Crippen LogP contribution in [0.1, 0.15) is 16.2 Å². The summed E-state index contributed by atoms with van der Waals surface area (Å²) in [6.45, 7) is 0.417. The molecule has 3 aromatic rings. The summed E-state index contributed by atoms with van der Waals surface area (Å²) in [5, 5.41) is 12.2. The average molecular weight is 283 g/mol. The van der Waals surface area contributed by atoms with E-state index >= 15 is 0 Å². The standard InChI is InChI=1S/C15H13N3O3/c19-11-1-2-12-13(9-11)21-14(18-12)5-8-17-15(20)10-3-6-16-7-4-10/h1-4,6-7,9,19H,5,8H2,(H,17,20). The van der Waals surface area contributed by atoms with E-state index in [0.717, 1.165) is 0 Å². The maximum absolute atomic E-state index is 11.8. The highest BCUT2D eigenvalue weighted by Gasteiger charge is 2.08. The second kappa shape index (κ2) is 5.62.